The molecule has 0 spiro atoms. The second kappa shape index (κ2) is 4.59. The van der Waals surface area contributed by atoms with Crippen molar-refractivity contribution in [2.75, 3.05) is 18.8 Å². The summed E-state index contributed by atoms with van der Waals surface area (Å²) in [6.07, 6.45) is 0.679. The minimum atomic E-state index is -3.05. The van der Waals surface area contributed by atoms with Gasteiger partial charge in [-0.15, -0.1) is 0 Å². The zero-order chi connectivity index (χ0) is 10.8. The maximum Gasteiger partial charge on any atom is 0.214 e. The van der Waals surface area contributed by atoms with Crippen LogP contribution in [0.15, 0.2) is 0 Å². The number of nitrogens with zero attached hydrogens (tertiary/aromatic N) is 1. The predicted molar refractivity (Wildman–Crippen MR) is 55.7 cm³/mol. The Morgan fingerprint density at radius 1 is 1.29 bits per heavy atom. The lowest BCUT2D eigenvalue weighted by Crippen LogP contribution is -2.48. The van der Waals surface area contributed by atoms with Gasteiger partial charge in [-0.1, -0.05) is 6.92 Å². The summed E-state index contributed by atoms with van der Waals surface area (Å²) in [5.74, 6) is 0.242. The first kappa shape index (κ1) is 11.9. The van der Waals surface area contributed by atoms with Gasteiger partial charge in [-0.3, -0.25) is 0 Å². The summed E-state index contributed by atoms with van der Waals surface area (Å²) in [7, 11) is -3.05. The molecular formula is C9H19NO3S. The molecule has 1 aliphatic rings. The van der Waals surface area contributed by atoms with Crippen LogP contribution in [-0.4, -0.2) is 43.8 Å². The molecule has 0 aromatic rings. The van der Waals surface area contributed by atoms with Crippen LogP contribution in [0.25, 0.3) is 0 Å². The van der Waals surface area contributed by atoms with Crippen molar-refractivity contribution in [3.05, 3.63) is 0 Å². The van der Waals surface area contributed by atoms with Crippen LogP contribution in [0.5, 0.6) is 0 Å². The second-order valence-electron chi connectivity index (χ2n) is 3.89. The van der Waals surface area contributed by atoms with E-state index in [2.05, 4.69) is 0 Å². The van der Waals surface area contributed by atoms with Gasteiger partial charge in [0.15, 0.2) is 0 Å². The van der Waals surface area contributed by atoms with E-state index in [0.29, 0.717) is 19.5 Å². The molecule has 0 radical (unpaired) electrons. The fourth-order valence-electron chi connectivity index (χ4n) is 1.74. The molecule has 1 fully saturated rings. The number of sulfonamides is 1. The van der Waals surface area contributed by atoms with Crippen LogP contribution in [0.1, 0.15) is 27.2 Å². The molecule has 1 rings (SSSR count). The average molecular weight is 221 g/mol. The summed E-state index contributed by atoms with van der Waals surface area (Å²) in [5, 5.41) is 0. The fraction of sp³-hybridized carbons (Fsp3) is 1.00. The Kier molecular flexibility index (Phi) is 3.92. The first-order chi connectivity index (χ1) is 6.45. The van der Waals surface area contributed by atoms with E-state index in [1.807, 2.05) is 20.8 Å². The highest BCUT2D eigenvalue weighted by molar-refractivity contribution is 7.89. The molecule has 1 saturated heterocycles. The van der Waals surface area contributed by atoms with Crippen LogP contribution in [0.4, 0.5) is 0 Å². The Bertz CT molecular complexity index is 266. The normalized spacial score (nSPS) is 30.5. The Balaban J connectivity index is 2.68. The van der Waals surface area contributed by atoms with Crippen molar-refractivity contribution in [1.29, 1.82) is 0 Å². The van der Waals surface area contributed by atoms with Crippen LogP contribution in [-0.2, 0) is 14.8 Å². The minimum absolute atomic E-state index is 0.00498. The summed E-state index contributed by atoms with van der Waals surface area (Å²) >= 11 is 0. The van der Waals surface area contributed by atoms with E-state index in [4.69, 9.17) is 4.74 Å². The van der Waals surface area contributed by atoms with E-state index in [-0.39, 0.29) is 18.0 Å². The third-order valence-corrected chi connectivity index (χ3v) is 4.25. The van der Waals surface area contributed by atoms with Gasteiger partial charge < -0.3 is 4.74 Å². The van der Waals surface area contributed by atoms with Gasteiger partial charge in [0, 0.05) is 13.1 Å². The Morgan fingerprint density at radius 3 is 2.21 bits per heavy atom. The zero-order valence-corrected chi connectivity index (χ0v) is 9.88. The lowest BCUT2D eigenvalue weighted by atomic mass is 10.3. The second-order valence-corrected chi connectivity index (χ2v) is 5.98. The Hall–Kier alpha value is -0.130. The molecule has 84 valence electrons. The monoisotopic (exact) mass is 221 g/mol. The van der Waals surface area contributed by atoms with Gasteiger partial charge in [0.2, 0.25) is 10.0 Å². The summed E-state index contributed by atoms with van der Waals surface area (Å²) in [5.41, 5.74) is 0. The van der Waals surface area contributed by atoms with Gasteiger partial charge in [-0.05, 0) is 20.3 Å². The molecule has 1 heterocycles. The van der Waals surface area contributed by atoms with E-state index in [1.54, 1.807) is 4.31 Å². The van der Waals surface area contributed by atoms with Crippen LogP contribution in [0.2, 0.25) is 0 Å². The van der Waals surface area contributed by atoms with Crippen molar-refractivity contribution in [2.45, 2.75) is 39.4 Å². The summed E-state index contributed by atoms with van der Waals surface area (Å²) < 4.78 is 30.5. The average Bonchev–Trinajstić information content (AvgIpc) is 2.02. The number of morpholine rings is 1. The summed E-state index contributed by atoms with van der Waals surface area (Å²) in [6.45, 7) is 6.68. The maximum absolute atomic E-state index is 11.7. The van der Waals surface area contributed by atoms with E-state index in [9.17, 15) is 8.42 Å². The van der Waals surface area contributed by atoms with Gasteiger partial charge in [0.25, 0.3) is 0 Å². The SMILES string of the molecule is CCCS(=O)(=O)N1C[C@H](C)O[C@@H](C)C1. The molecule has 1 aliphatic heterocycles. The van der Waals surface area contributed by atoms with Crippen molar-refractivity contribution in [2.24, 2.45) is 0 Å². The lowest BCUT2D eigenvalue weighted by molar-refractivity contribution is -0.0440. The number of rotatable bonds is 3. The first-order valence-electron chi connectivity index (χ1n) is 5.09. The molecule has 2 atom stereocenters. The molecule has 14 heavy (non-hydrogen) atoms. The quantitative estimate of drug-likeness (QED) is 0.709. The number of ether oxygens (including phenoxy) is 1. The highest BCUT2D eigenvalue weighted by Crippen LogP contribution is 2.15. The molecule has 0 bridgehead atoms. The van der Waals surface area contributed by atoms with E-state index < -0.39 is 10.0 Å². The molecule has 0 amide bonds. The molecule has 4 nitrogen and oxygen atoms in total. The van der Waals surface area contributed by atoms with Crippen LogP contribution in [0.3, 0.4) is 0 Å². The molecule has 5 heteroatoms. The van der Waals surface area contributed by atoms with Crippen LogP contribution in [0, 0.1) is 0 Å². The molecule has 0 aromatic heterocycles. The van der Waals surface area contributed by atoms with Crippen molar-refractivity contribution in [1.82, 2.24) is 4.31 Å². The molecule has 0 aromatic carbocycles. The Labute approximate surface area is 86.3 Å². The smallest absolute Gasteiger partial charge is 0.214 e. The van der Waals surface area contributed by atoms with Gasteiger partial charge in [-0.2, -0.15) is 4.31 Å². The molecule has 0 unspecified atom stereocenters. The van der Waals surface area contributed by atoms with E-state index in [0.717, 1.165) is 0 Å². The van der Waals surface area contributed by atoms with Crippen LogP contribution < -0.4 is 0 Å². The number of hydrogen-bond acceptors (Lipinski definition) is 3. The van der Waals surface area contributed by atoms with Crippen molar-refractivity contribution in [3.63, 3.8) is 0 Å². The summed E-state index contributed by atoms with van der Waals surface area (Å²) in [6, 6.07) is 0. The molecule has 0 aliphatic carbocycles. The molecule has 0 saturated carbocycles. The maximum atomic E-state index is 11.7. The fourth-order valence-corrected chi connectivity index (χ4v) is 3.39. The van der Waals surface area contributed by atoms with Gasteiger partial charge >= 0.3 is 0 Å². The minimum Gasteiger partial charge on any atom is -0.373 e. The van der Waals surface area contributed by atoms with E-state index in [1.165, 1.54) is 0 Å². The summed E-state index contributed by atoms with van der Waals surface area (Å²) in [4.78, 5) is 0. The van der Waals surface area contributed by atoms with Crippen LogP contribution >= 0.6 is 0 Å². The molecule has 0 N–H and O–H groups in total. The highest BCUT2D eigenvalue weighted by atomic mass is 32.2. The largest absolute Gasteiger partial charge is 0.373 e. The third-order valence-electron chi connectivity index (χ3n) is 2.24. The zero-order valence-electron chi connectivity index (χ0n) is 9.06. The third kappa shape index (κ3) is 2.93. The number of hydrogen-bond donors (Lipinski definition) is 0. The van der Waals surface area contributed by atoms with E-state index >= 15 is 0 Å². The van der Waals surface area contributed by atoms with Gasteiger partial charge in [0.1, 0.15) is 0 Å². The van der Waals surface area contributed by atoms with Gasteiger partial charge in [-0.25, -0.2) is 8.42 Å². The van der Waals surface area contributed by atoms with Crippen molar-refractivity contribution in [3.8, 4) is 0 Å². The first-order valence-corrected chi connectivity index (χ1v) is 6.70. The predicted octanol–water partition coefficient (Wildman–Crippen LogP) is 0.835. The topological polar surface area (TPSA) is 46.6 Å². The van der Waals surface area contributed by atoms with Gasteiger partial charge in [0.05, 0.1) is 18.0 Å². The Morgan fingerprint density at radius 2 is 1.79 bits per heavy atom. The highest BCUT2D eigenvalue weighted by Gasteiger charge is 2.29. The van der Waals surface area contributed by atoms with Crippen molar-refractivity contribution < 1.29 is 13.2 Å². The lowest BCUT2D eigenvalue weighted by Gasteiger charge is -2.34. The molecular weight excluding hydrogens is 202 g/mol. The van der Waals surface area contributed by atoms with Crippen molar-refractivity contribution >= 4 is 10.0 Å². The standard InChI is InChI=1S/C9H19NO3S/c1-4-5-14(11,12)10-6-8(2)13-9(3)7-10/h8-9H,4-7H2,1-3H3/t8-,9-/m0/s1.